The van der Waals surface area contributed by atoms with E-state index in [0.29, 0.717) is 12.0 Å². The van der Waals surface area contributed by atoms with E-state index >= 15 is 0 Å². The number of ether oxygens (including phenoxy) is 1. The van der Waals surface area contributed by atoms with Gasteiger partial charge in [-0.1, -0.05) is 68.8 Å². The Morgan fingerprint density at radius 3 is 2.39 bits per heavy atom. The van der Waals surface area contributed by atoms with Crippen molar-refractivity contribution in [2.75, 3.05) is 25.6 Å². The first-order valence-electron chi connectivity index (χ1n) is 14.4. The predicted octanol–water partition coefficient (Wildman–Crippen LogP) is 7.67. The summed E-state index contributed by atoms with van der Waals surface area (Å²) >= 11 is 0. The number of esters is 1. The van der Waals surface area contributed by atoms with Gasteiger partial charge in [-0.25, -0.2) is 0 Å². The molecule has 2 aliphatic heterocycles. The third-order valence-corrected chi connectivity index (χ3v) is 8.42. The van der Waals surface area contributed by atoms with Crippen LogP contribution in [0, 0.1) is 11.3 Å². The maximum Gasteiger partial charge on any atom is 0.305 e. The minimum Gasteiger partial charge on any atom is -0.469 e. The topological polar surface area (TPSA) is 56.3 Å². The van der Waals surface area contributed by atoms with Crippen molar-refractivity contribution in [1.82, 2.24) is 0 Å². The summed E-state index contributed by atoms with van der Waals surface area (Å²) in [6.45, 7) is 9.85. The standard InChI is InChI=1S/C36H42N3O2/c1-35(2)28-18-9-11-20-30(28)38(5)32(35)22-14-16-27(26-37)17-15-23-33-36(3,4)29-19-10-12-21-31(29)39(33)25-13-7-8-24-34(40)41-6/h9-12,14-23H,7-8,13,24-25H2,1-6H3/q+1. The lowest BCUT2D eigenvalue weighted by Crippen LogP contribution is -2.27. The number of benzene rings is 2. The quantitative estimate of drug-likeness (QED) is 0.101. The Morgan fingerprint density at radius 1 is 0.976 bits per heavy atom. The van der Waals surface area contributed by atoms with E-state index in [0.717, 1.165) is 25.8 Å². The zero-order valence-electron chi connectivity index (χ0n) is 25.3. The molecule has 0 aromatic heterocycles. The Bertz CT molecular complexity index is 1490. The highest BCUT2D eigenvalue weighted by Crippen LogP contribution is 2.47. The normalized spacial score (nSPS) is 18.3. The van der Waals surface area contributed by atoms with Crippen LogP contribution in [0.3, 0.4) is 0 Å². The molecule has 0 aliphatic carbocycles. The molecule has 212 valence electrons. The largest absolute Gasteiger partial charge is 0.469 e. The zero-order valence-corrected chi connectivity index (χ0v) is 25.3. The molecule has 0 N–H and O–H groups in total. The fourth-order valence-electron chi connectivity index (χ4n) is 6.12. The molecule has 2 heterocycles. The molecule has 0 radical (unpaired) electrons. The number of carbonyl (C=O) groups is 1. The predicted molar refractivity (Wildman–Crippen MR) is 168 cm³/mol. The molecule has 4 rings (SSSR count). The van der Waals surface area contributed by atoms with Gasteiger partial charge >= 0.3 is 5.97 Å². The molecule has 0 bridgehead atoms. The molecule has 41 heavy (non-hydrogen) atoms. The van der Waals surface area contributed by atoms with Crippen LogP contribution >= 0.6 is 0 Å². The van der Waals surface area contributed by atoms with Gasteiger partial charge in [-0.2, -0.15) is 9.84 Å². The number of fused-ring (bicyclic) bond motifs is 2. The Labute approximate surface area is 245 Å². The van der Waals surface area contributed by atoms with Crippen molar-refractivity contribution in [3.05, 3.63) is 107 Å². The summed E-state index contributed by atoms with van der Waals surface area (Å²) < 4.78 is 7.00. The van der Waals surface area contributed by atoms with Crippen LogP contribution in [0.25, 0.3) is 0 Å². The lowest BCUT2D eigenvalue weighted by molar-refractivity contribution is -0.401. The first-order chi connectivity index (χ1) is 19.6. The molecule has 5 heteroatoms. The summed E-state index contributed by atoms with van der Waals surface area (Å²) in [4.78, 5) is 13.9. The van der Waals surface area contributed by atoms with Gasteiger partial charge in [-0.15, -0.1) is 0 Å². The monoisotopic (exact) mass is 548 g/mol. The van der Waals surface area contributed by atoms with Crippen LogP contribution in [0.1, 0.15) is 64.5 Å². The van der Waals surface area contributed by atoms with E-state index in [9.17, 15) is 10.1 Å². The lowest BCUT2D eigenvalue weighted by Gasteiger charge is -2.27. The molecule has 0 atom stereocenters. The summed E-state index contributed by atoms with van der Waals surface area (Å²) in [5.74, 6) is -0.151. The number of carbonyl (C=O) groups excluding carboxylic acids is 1. The van der Waals surface area contributed by atoms with Gasteiger partial charge in [0.2, 0.25) is 5.69 Å². The van der Waals surface area contributed by atoms with Crippen LogP contribution in [-0.4, -0.2) is 37.0 Å². The average molecular weight is 549 g/mol. The van der Waals surface area contributed by atoms with E-state index < -0.39 is 0 Å². The summed E-state index contributed by atoms with van der Waals surface area (Å²) in [5, 5.41) is 9.84. The van der Waals surface area contributed by atoms with Crippen LogP contribution in [0.2, 0.25) is 0 Å². The van der Waals surface area contributed by atoms with Crippen molar-refractivity contribution in [2.45, 2.75) is 64.2 Å². The van der Waals surface area contributed by atoms with Gasteiger partial charge in [0.1, 0.15) is 7.05 Å². The Balaban J connectivity index is 1.51. The van der Waals surface area contributed by atoms with Crippen molar-refractivity contribution in [3.8, 4) is 6.07 Å². The van der Waals surface area contributed by atoms with Crippen LogP contribution in [-0.2, 0) is 20.4 Å². The van der Waals surface area contributed by atoms with Gasteiger partial charge in [-0.3, -0.25) is 4.79 Å². The molecule has 5 nitrogen and oxygen atoms in total. The number of nitrogens with zero attached hydrogens (tertiary/aromatic N) is 3. The second kappa shape index (κ2) is 12.6. The van der Waals surface area contributed by atoms with E-state index in [4.69, 9.17) is 4.74 Å². The maximum absolute atomic E-state index is 11.5. The van der Waals surface area contributed by atoms with E-state index in [1.54, 1.807) is 0 Å². The van der Waals surface area contributed by atoms with E-state index in [1.165, 1.54) is 41.0 Å². The highest BCUT2D eigenvalue weighted by Gasteiger charge is 2.42. The molecule has 0 unspecified atom stereocenters. The number of methoxy groups -OCH3 is 1. The third kappa shape index (κ3) is 6.12. The van der Waals surface area contributed by atoms with Crippen LogP contribution in [0.15, 0.2) is 96.3 Å². The van der Waals surface area contributed by atoms with Gasteiger partial charge in [0.05, 0.1) is 24.2 Å². The smallest absolute Gasteiger partial charge is 0.305 e. The SMILES string of the molecule is COC(=O)CCCCCN1/C(=C/C=C/C(C#N)=C/C=C/C2=[N+](C)c3ccccc3C2(C)C)C(C)(C)c2ccccc21. The Morgan fingerprint density at radius 2 is 1.68 bits per heavy atom. The van der Waals surface area contributed by atoms with Crippen molar-refractivity contribution < 1.29 is 14.1 Å². The van der Waals surface area contributed by atoms with E-state index in [1.807, 2.05) is 24.3 Å². The minimum absolute atomic E-state index is 0.103. The molecule has 2 aromatic rings. The van der Waals surface area contributed by atoms with Gasteiger partial charge in [0, 0.05) is 47.5 Å². The number of hydrogen-bond acceptors (Lipinski definition) is 4. The summed E-state index contributed by atoms with van der Waals surface area (Å²) in [7, 11) is 3.53. The van der Waals surface area contributed by atoms with Crippen molar-refractivity contribution >= 4 is 23.1 Å². The molecular weight excluding hydrogens is 506 g/mol. The Hall–Kier alpha value is -4.17. The number of rotatable bonds is 10. The number of unbranched alkanes of at least 4 members (excludes halogenated alkanes) is 2. The summed E-state index contributed by atoms with van der Waals surface area (Å²) in [6.07, 6.45) is 15.2. The number of para-hydroxylation sites is 2. The number of allylic oxidation sites excluding steroid dienone is 8. The fourth-order valence-corrected chi connectivity index (χ4v) is 6.12. The van der Waals surface area contributed by atoms with Crippen LogP contribution in [0.4, 0.5) is 11.4 Å². The van der Waals surface area contributed by atoms with Gasteiger partial charge < -0.3 is 9.64 Å². The van der Waals surface area contributed by atoms with Gasteiger partial charge in [0.15, 0.2) is 5.71 Å². The molecule has 0 spiro atoms. The maximum atomic E-state index is 11.5. The van der Waals surface area contributed by atoms with Crippen molar-refractivity contribution in [2.24, 2.45) is 0 Å². The molecule has 0 saturated carbocycles. The summed E-state index contributed by atoms with van der Waals surface area (Å²) in [6, 6.07) is 19.4. The molecule has 0 fully saturated rings. The summed E-state index contributed by atoms with van der Waals surface area (Å²) in [5.41, 5.74) is 7.80. The zero-order chi connectivity index (χ0) is 29.6. The molecule has 2 aromatic carbocycles. The average Bonchev–Trinajstić information content (AvgIpc) is 3.30. The van der Waals surface area contributed by atoms with Crippen LogP contribution in [0.5, 0.6) is 0 Å². The van der Waals surface area contributed by atoms with Gasteiger partial charge in [0.25, 0.3) is 0 Å². The van der Waals surface area contributed by atoms with Gasteiger partial charge in [-0.05, 0) is 56.5 Å². The van der Waals surface area contributed by atoms with Crippen molar-refractivity contribution in [3.63, 3.8) is 0 Å². The second-order valence-corrected chi connectivity index (χ2v) is 11.8. The highest BCUT2D eigenvalue weighted by atomic mass is 16.5. The van der Waals surface area contributed by atoms with Crippen molar-refractivity contribution in [1.29, 1.82) is 5.26 Å². The first-order valence-corrected chi connectivity index (χ1v) is 14.4. The number of hydrogen-bond donors (Lipinski definition) is 0. The second-order valence-electron chi connectivity index (χ2n) is 11.8. The lowest BCUT2D eigenvalue weighted by atomic mass is 9.81. The minimum atomic E-state index is -0.159. The highest BCUT2D eigenvalue weighted by molar-refractivity contribution is 6.03. The van der Waals surface area contributed by atoms with Crippen LogP contribution < -0.4 is 4.90 Å². The number of nitriles is 1. The fraction of sp³-hybridized carbons (Fsp3) is 0.361. The third-order valence-electron chi connectivity index (χ3n) is 8.42. The molecule has 2 aliphatic rings. The first kappa shape index (κ1) is 29.8. The van der Waals surface area contributed by atoms with E-state index in [2.05, 4.69) is 111 Å². The van der Waals surface area contributed by atoms with E-state index in [-0.39, 0.29) is 16.8 Å². The number of anilines is 1. The molecule has 0 amide bonds. The molecule has 0 saturated heterocycles. The Kier molecular flexibility index (Phi) is 9.13. The molecular formula is C36H42N3O2+.